The molecule has 0 spiro atoms. The van der Waals surface area contributed by atoms with Crippen LogP contribution in [0.15, 0.2) is 18.3 Å². The highest BCUT2D eigenvalue weighted by Gasteiger charge is 2.05. The van der Waals surface area contributed by atoms with Gasteiger partial charge in [0.05, 0.1) is 24.9 Å². The summed E-state index contributed by atoms with van der Waals surface area (Å²) in [4.78, 5) is 26.4. The summed E-state index contributed by atoms with van der Waals surface area (Å²) >= 11 is 0. The minimum absolute atomic E-state index is 0.0521. The summed E-state index contributed by atoms with van der Waals surface area (Å²) in [6.45, 7) is 3.20. The molecule has 0 unspecified atom stereocenters. The molecule has 1 aromatic heterocycles. The molecule has 98 valence electrons. The van der Waals surface area contributed by atoms with Crippen molar-refractivity contribution in [1.29, 1.82) is 0 Å². The van der Waals surface area contributed by atoms with E-state index in [1.807, 2.05) is 6.92 Å². The number of esters is 1. The molecule has 0 bridgehead atoms. The van der Waals surface area contributed by atoms with E-state index in [2.05, 4.69) is 20.4 Å². The number of likely N-dealkylation sites (N-methyl/N-ethyl adjacent to an activating group) is 1. The van der Waals surface area contributed by atoms with E-state index < -0.39 is 5.97 Å². The summed E-state index contributed by atoms with van der Waals surface area (Å²) in [5.41, 5.74) is 1.16. The molecule has 6 nitrogen and oxygen atoms in total. The number of amides is 1. The van der Waals surface area contributed by atoms with Crippen LogP contribution in [0.5, 0.6) is 0 Å². The summed E-state index contributed by atoms with van der Waals surface area (Å²) in [5.74, 6) is -0.465. The Morgan fingerprint density at radius 1 is 1.39 bits per heavy atom. The maximum atomic E-state index is 11.2. The van der Waals surface area contributed by atoms with Gasteiger partial charge in [-0.1, -0.05) is 0 Å². The molecule has 6 heteroatoms. The van der Waals surface area contributed by atoms with Crippen LogP contribution in [0, 0.1) is 0 Å². The van der Waals surface area contributed by atoms with Gasteiger partial charge < -0.3 is 15.4 Å². The van der Waals surface area contributed by atoms with Crippen molar-refractivity contribution in [2.24, 2.45) is 0 Å². The minimum atomic E-state index is -0.413. The van der Waals surface area contributed by atoms with Crippen molar-refractivity contribution in [3.63, 3.8) is 0 Å². The molecule has 1 heterocycles. The Labute approximate surface area is 106 Å². The second-order valence-corrected chi connectivity index (χ2v) is 3.59. The second-order valence-electron chi connectivity index (χ2n) is 3.59. The van der Waals surface area contributed by atoms with Crippen LogP contribution in [-0.2, 0) is 16.1 Å². The molecular weight excluding hydrogens is 234 g/mol. The van der Waals surface area contributed by atoms with Crippen LogP contribution in [0.3, 0.4) is 0 Å². The Kier molecular flexibility index (Phi) is 5.79. The summed E-state index contributed by atoms with van der Waals surface area (Å²) < 4.78 is 4.57. The van der Waals surface area contributed by atoms with Crippen LogP contribution in [0.1, 0.15) is 23.0 Å². The maximum Gasteiger partial charge on any atom is 0.339 e. The Bertz CT molecular complexity index is 404. The number of ether oxygens (including phenoxy) is 1. The molecule has 18 heavy (non-hydrogen) atoms. The Morgan fingerprint density at radius 3 is 2.72 bits per heavy atom. The topological polar surface area (TPSA) is 80.3 Å². The lowest BCUT2D eigenvalue weighted by molar-refractivity contribution is -0.120. The highest BCUT2D eigenvalue weighted by molar-refractivity contribution is 5.88. The third kappa shape index (κ3) is 4.50. The molecule has 0 radical (unpaired) electrons. The van der Waals surface area contributed by atoms with E-state index in [1.54, 1.807) is 12.1 Å². The molecule has 0 saturated heterocycles. The van der Waals surface area contributed by atoms with Gasteiger partial charge in [0.25, 0.3) is 0 Å². The number of nitrogens with zero attached hydrogens (tertiary/aromatic N) is 1. The number of hydrogen-bond donors (Lipinski definition) is 2. The van der Waals surface area contributed by atoms with E-state index in [1.165, 1.54) is 13.3 Å². The van der Waals surface area contributed by atoms with Crippen molar-refractivity contribution in [3.8, 4) is 0 Å². The molecule has 0 saturated carbocycles. The number of carbonyl (C=O) groups is 2. The third-order valence-electron chi connectivity index (χ3n) is 2.21. The van der Waals surface area contributed by atoms with Gasteiger partial charge in [0.15, 0.2) is 0 Å². The fourth-order valence-corrected chi connectivity index (χ4v) is 1.33. The van der Waals surface area contributed by atoms with Crippen LogP contribution >= 0.6 is 0 Å². The molecule has 2 N–H and O–H groups in total. The summed E-state index contributed by atoms with van der Waals surface area (Å²) in [6.07, 6.45) is 1.45. The lowest BCUT2D eigenvalue weighted by Gasteiger charge is -2.05. The Hall–Kier alpha value is -1.95. The predicted octanol–water partition coefficient (Wildman–Crippen LogP) is 0.0939. The van der Waals surface area contributed by atoms with E-state index in [0.717, 1.165) is 5.69 Å². The number of pyridine rings is 1. The number of methoxy groups -OCH3 is 1. The first kappa shape index (κ1) is 14.1. The van der Waals surface area contributed by atoms with Gasteiger partial charge in [0.1, 0.15) is 0 Å². The van der Waals surface area contributed by atoms with Gasteiger partial charge in [-0.3, -0.25) is 9.78 Å². The van der Waals surface area contributed by atoms with Gasteiger partial charge in [0.2, 0.25) is 5.91 Å². The SMILES string of the molecule is CCNC(=O)CNCc1ccc(C(=O)OC)cn1. The number of aromatic nitrogens is 1. The van der Waals surface area contributed by atoms with Crippen molar-refractivity contribution in [3.05, 3.63) is 29.6 Å². The van der Waals surface area contributed by atoms with Gasteiger partial charge in [0, 0.05) is 19.3 Å². The summed E-state index contributed by atoms with van der Waals surface area (Å²) in [6, 6.07) is 3.36. The average Bonchev–Trinajstić information content (AvgIpc) is 2.39. The smallest absolute Gasteiger partial charge is 0.339 e. The first-order chi connectivity index (χ1) is 8.67. The van der Waals surface area contributed by atoms with Gasteiger partial charge in [-0.15, -0.1) is 0 Å². The molecule has 1 aromatic rings. The largest absolute Gasteiger partial charge is 0.465 e. The molecule has 0 aliphatic carbocycles. The van der Waals surface area contributed by atoms with E-state index in [0.29, 0.717) is 18.7 Å². The van der Waals surface area contributed by atoms with Crippen molar-refractivity contribution >= 4 is 11.9 Å². The second kappa shape index (κ2) is 7.39. The predicted molar refractivity (Wildman–Crippen MR) is 66.0 cm³/mol. The van der Waals surface area contributed by atoms with Crippen molar-refractivity contribution in [2.75, 3.05) is 20.2 Å². The molecule has 1 rings (SSSR count). The van der Waals surface area contributed by atoms with Gasteiger partial charge in [-0.05, 0) is 19.1 Å². The van der Waals surface area contributed by atoms with Crippen molar-refractivity contribution < 1.29 is 14.3 Å². The van der Waals surface area contributed by atoms with E-state index in [4.69, 9.17) is 0 Å². The number of nitrogens with one attached hydrogen (secondary N) is 2. The first-order valence-corrected chi connectivity index (χ1v) is 5.68. The zero-order chi connectivity index (χ0) is 13.4. The van der Waals surface area contributed by atoms with E-state index >= 15 is 0 Å². The minimum Gasteiger partial charge on any atom is -0.465 e. The summed E-state index contributed by atoms with van der Waals surface area (Å²) in [7, 11) is 1.32. The molecule has 1 amide bonds. The van der Waals surface area contributed by atoms with Crippen LogP contribution in [0.2, 0.25) is 0 Å². The monoisotopic (exact) mass is 251 g/mol. The molecule has 0 atom stereocenters. The molecule has 0 aliphatic heterocycles. The fourth-order valence-electron chi connectivity index (χ4n) is 1.33. The van der Waals surface area contributed by atoms with Gasteiger partial charge in [-0.25, -0.2) is 4.79 Å². The average molecular weight is 251 g/mol. The zero-order valence-corrected chi connectivity index (χ0v) is 10.5. The highest BCUT2D eigenvalue weighted by Crippen LogP contribution is 2.01. The van der Waals surface area contributed by atoms with Crippen LogP contribution in [-0.4, -0.2) is 37.1 Å². The van der Waals surface area contributed by atoms with Gasteiger partial charge in [-0.2, -0.15) is 0 Å². The Balaban J connectivity index is 2.40. The number of rotatable bonds is 6. The third-order valence-corrected chi connectivity index (χ3v) is 2.21. The van der Waals surface area contributed by atoms with Crippen LogP contribution in [0.25, 0.3) is 0 Å². The number of carbonyl (C=O) groups excluding carboxylic acids is 2. The fraction of sp³-hybridized carbons (Fsp3) is 0.417. The normalized spacial score (nSPS) is 9.89. The lowest BCUT2D eigenvalue weighted by atomic mass is 10.2. The van der Waals surface area contributed by atoms with Crippen LogP contribution in [0.4, 0.5) is 0 Å². The van der Waals surface area contributed by atoms with Crippen molar-refractivity contribution in [1.82, 2.24) is 15.6 Å². The van der Waals surface area contributed by atoms with Crippen molar-refractivity contribution in [2.45, 2.75) is 13.5 Å². The van der Waals surface area contributed by atoms with Gasteiger partial charge >= 0.3 is 5.97 Å². The molecule has 0 aliphatic rings. The number of hydrogen-bond acceptors (Lipinski definition) is 5. The first-order valence-electron chi connectivity index (χ1n) is 5.68. The Morgan fingerprint density at radius 2 is 2.17 bits per heavy atom. The molecule has 0 aromatic carbocycles. The lowest BCUT2D eigenvalue weighted by Crippen LogP contribution is -2.33. The van der Waals surface area contributed by atoms with E-state index in [9.17, 15) is 9.59 Å². The molecule has 0 fully saturated rings. The standard InChI is InChI=1S/C12H17N3O3/c1-3-14-11(16)8-13-7-10-5-4-9(6-15-10)12(17)18-2/h4-6,13H,3,7-8H2,1-2H3,(H,14,16). The summed E-state index contributed by atoms with van der Waals surface area (Å²) in [5, 5.41) is 5.64. The maximum absolute atomic E-state index is 11.2. The zero-order valence-electron chi connectivity index (χ0n) is 10.5. The van der Waals surface area contributed by atoms with Crippen LogP contribution < -0.4 is 10.6 Å². The van der Waals surface area contributed by atoms with E-state index in [-0.39, 0.29) is 12.5 Å². The quantitative estimate of drug-likeness (QED) is 0.701. The molecular formula is C12H17N3O3. The highest BCUT2D eigenvalue weighted by atomic mass is 16.5.